The van der Waals surface area contributed by atoms with E-state index >= 15 is 0 Å². The van der Waals surface area contributed by atoms with Gasteiger partial charge in [0.25, 0.3) is 11.1 Å². The number of hydrogen-bond acceptors (Lipinski definition) is 4. The quantitative estimate of drug-likeness (QED) is 0.508. The molecule has 0 amide bonds. The van der Waals surface area contributed by atoms with Gasteiger partial charge in [0.05, 0.1) is 0 Å². The van der Waals surface area contributed by atoms with Crippen molar-refractivity contribution in [1.29, 1.82) is 0 Å². The molecule has 0 radical (unpaired) electrons. The minimum absolute atomic E-state index is 0.0224. The average molecular weight is 437 g/mol. The number of nitrogens with zero attached hydrogens (tertiary/aromatic N) is 2. The number of aryl methyl sites for hydroxylation is 4. The van der Waals surface area contributed by atoms with Crippen molar-refractivity contribution in [2.24, 2.45) is 14.1 Å². The molecule has 4 aromatic rings. The first-order chi connectivity index (χ1) is 15.1. The number of rotatable bonds is 4. The number of halogens is 1. The predicted octanol–water partition coefficient (Wildman–Crippen LogP) is 3.48. The molecule has 0 spiro atoms. The highest BCUT2D eigenvalue weighted by Crippen LogP contribution is 2.36. The Hall–Kier alpha value is -4.14. The van der Waals surface area contributed by atoms with Crippen LogP contribution in [0.4, 0.5) is 4.39 Å². The first kappa shape index (κ1) is 21.1. The highest BCUT2D eigenvalue weighted by atomic mass is 19.1. The SMILES string of the molecule is Cc1cc(F)cc(C)c1Oc1c(-c2cn(C)c(=O)c3[nH]c(C(=O)O)cc23)ccn(C)c1=O. The van der Waals surface area contributed by atoms with Gasteiger partial charge in [-0.3, -0.25) is 9.59 Å². The van der Waals surface area contributed by atoms with Crippen LogP contribution in [0.1, 0.15) is 21.6 Å². The molecule has 0 aliphatic heterocycles. The fourth-order valence-corrected chi connectivity index (χ4v) is 3.74. The number of carbonyl (C=O) groups is 1. The number of aromatic amines is 1. The van der Waals surface area contributed by atoms with Crippen molar-refractivity contribution >= 4 is 16.9 Å². The molecule has 2 N–H and O–H groups in total. The smallest absolute Gasteiger partial charge is 0.352 e. The van der Waals surface area contributed by atoms with E-state index in [0.717, 1.165) is 0 Å². The Morgan fingerprint density at radius 2 is 1.66 bits per heavy atom. The van der Waals surface area contributed by atoms with Gasteiger partial charge in [-0.2, -0.15) is 0 Å². The number of fused-ring (bicyclic) bond motifs is 1. The van der Waals surface area contributed by atoms with Crippen LogP contribution in [0, 0.1) is 19.7 Å². The number of benzene rings is 1. The molecule has 0 bridgehead atoms. The number of carboxylic acids is 1. The second-order valence-electron chi connectivity index (χ2n) is 7.68. The number of carboxylic acid groups (broad SMARTS) is 1. The highest BCUT2D eigenvalue weighted by molar-refractivity contribution is 6.01. The Kier molecular flexibility index (Phi) is 4.96. The number of hydrogen-bond donors (Lipinski definition) is 2. The highest BCUT2D eigenvalue weighted by Gasteiger charge is 2.21. The normalized spacial score (nSPS) is 11.2. The largest absolute Gasteiger partial charge is 0.477 e. The molecule has 32 heavy (non-hydrogen) atoms. The second-order valence-corrected chi connectivity index (χ2v) is 7.68. The molecule has 4 rings (SSSR count). The zero-order valence-corrected chi connectivity index (χ0v) is 17.8. The van der Waals surface area contributed by atoms with Gasteiger partial charge >= 0.3 is 5.97 Å². The number of aromatic nitrogens is 3. The van der Waals surface area contributed by atoms with E-state index in [1.807, 2.05) is 0 Å². The summed E-state index contributed by atoms with van der Waals surface area (Å²) in [6.07, 6.45) is 3.08. The first-order valence-electron chi connectivity index (χ1n) is 9.68. The molecule has 3 heterocycles. The summed E-state index contributed by atoms with van der Waals surface area (Å²) >= 11 is 0. The monoisotopic (exact) mass is 437 g/mol. The average Bonchev–Trinajstić information content (AvgIpc) is 3.17. The van der Waals surface area contributed by atoms with Crippen molar-refractivity contribution in [2.45, 2.75) is 13.8 Å². The van der Waals surface area contributed by atoms with Gasteiger partial charge in [-0.25, -0.2) is 9.18 Å². The fraction of sp³-hybridized carbons (Fsp3) is 0.174. The van der Waals surface area contributed by atoms with Gasteiger partial charge in [0.1, 0.15) is 22.8 Å². The molecule has 0 saturated heterocycles. The zero-order chi connectivity index (χ0) is 23.3. The molecule has 0 aliphatic carbocycles. The summed E-state index contributed by atoms with van der Waals surface area (Å²) in [5.41, 5.74) is 0.932. The van der Waals surface area contributed by atoms with Gasteiger partial charge in [-0.1, -0.05) is 0 Å². The summed E-state index contributed by atoms with van der Waals surface area (Å²) in [6, 6.07) is 5.62. The third-order valence-electron chi connectivity index (χ3n) is 5.34. The molecule has 0 atom stereocenters. The third-order valence-corrected chi connectivity index (χ3v) is 5.34. The van der Waals surface area contributed by atoms with Gasteiger partial charge in [-0.05, 0) is 49.2 Å². The molecule has 8 nitrogen and oxygen atoms in total. The molecule has 0 fully saturated rings. The lowest BCUT2D eigenvalue weighted by atomic mass is 10.0. The van der Waals surface area contributed by atoms with Crippen LogP contribution in [-0.2, 0) is 14.1 Å². The summed E-state index contributed by atoms with van der Waals surface area (Å²) in [5, 5.41) is 9.72. The van der Waals surface area contributed by atoms with Crippen LogP contribution in [0.5, 0.6) is 11.5 Å². The Bertz CT molecular complexity index is 1500. The van der Waals surface area contributed by atoms with Crippen LogP contribution in [-0.4, -0.2) is 25.2 Å². The molecule has 1 aromatic carbocycles. The van der Waals surface area contributed by atoms with E-state index < -0.39 is 22.9 Å². The van der Waals surface area contributed by atoms with Crippen LogP contribution in [0.2, 0.25) is 0 Å². The van der Waals surface area contributed by atoms with Crippen molar-refractivity contribution in [3.63, 3.8) is 0 Å². The topological polar surface area (TPSA) is 106 Å². The van der Waals surface area contributed by atoms with E-state index in [1.54, 1.807) is 33.2 Å². The zero-order valence-electron chi connectivity index (χ0n) is 17.8. The third kappa shape index (κ3) is 3.37. The lowest BCUT2D eigenvalue weighted by molar-refractivity contribution is 0.0691. The Morgan fingerprint density at radius 1 is 1.00 bits per heavy atom. The molecule has 9 heteroatoms. The fourth-order valence-electron chi connectivity index (χ4n) is 3.74. The lowest BCUT2D eigenvalue weighted by Gasteiger charge is -2.16. The number of H-pyrrole nitrogens is 1. The van der Waals surface area contributed by atoms with E-state index in [0.29, 0.717) is 33.4 Å². The predicted molar refractivity (Wildman–Crippen MR) is 117 cm³/mol. The number of aromatic carboxylic acids is 1. The van der Waals surface area contributed by atoms with Crippen molar-refractivity contribution in [2.75, 3.05) is 0 Å². The standard InChI is InChI=1S/C23H20FN3O5/c1-11-7-13(24)8-12(2)19(11)32-20-14(5-6-26(3)22(20)29)16-10-27(4)21(28)18-15(16)9-17(25-18)23(30)31/h5-10,25H,1-4H3,(H,30,31). The van der Waals surface area contributed by atoms with Gasteiger partial charge < -0.3 is 24.0 Å². The van der Waals surface area contributed by atoms with Gasteiger partial charge in [0.15, 0.2) is 5.75 Å². The Labute approximate surface area is 181 Å². The van der Waals surface area contributed by atoms with Crippen LogP contribution in [0.3, 0.4) is 0 Å². The second kappa shape index (κ2) is 7.52. The van der Waals surface area contributed by atoms with Crippen LogP contribution in [0.25, 0.3) is 22.0 Å². The minimum atomic E-state index is -1.22. The number of nitrogens with one attached hydrogen (secondary N) is 1. The summed E-state index contributed by atoms with van der Waals surface area (Å²) in [5.74, 6) is -1.31. The number of ether oxygens (including phenoxy) is 1. The van der Waals surface area contributed by atoms with E-state index in [1.165, 1.54) is 40.6 Å². The summed E-state index contributed by atoms with van der Waals surface area (Å²) < 4.78 is 22.4. The van der Waals surface area contributed by atoms with Crippen molar-refractivity contribution < 1.29 is 19.0 Å². The summed E-state index contributed by atoms with van der Waals surface area (Å²) in [6.45, 7) is 3.35. The number of pyridine rings is 2. The first-order valence-corrected chi connectivity index (χ1v) is 9.68. The maximum absolute atomic E-state index is 13.8. The van der Waals surface area contributed by atoms with E-state index in [2.05, 4.69) is 4.98 Å². The van der Waals surface area contributed by atoms with Gasteiger partial charge in [0, 0.05) is 43.0 Å². The summed E-state index contributed by atoms with van der Waals surface area (Å²) in [4.78, 5) is 39.7. The van der Waals surface area contributed by atoms with E-state index in [-0.39, 0.29) is 17.0 Å². The van der Waals surface area contributed by atoms with Crippen molar-refractivity contribution in [3.8, 4) is 22.6 Å². The summed E-state index contributed by atoms with van der Waals surface area (Å²) in [7, 11) is 3.10. The maximum atomic E-state index is 13.8. The van der Waals surface area contributed by atoms with Gasteiger partial charge in [-0.15, -0.1) is 0 Å². The van der Waals surface area contributed by atoms with Crippen molar-refractivity contribution in [3.05, 3.63) is 80.0 Å². The maximum Gasteiger partial charge on any atom is 0.352 e. The molecular formula is C23H20FN3O5. The Balaban J connectivity index is 2.03. The van der Waals surface area contributed by atoms with Crippen molar-refractivity contribution in [1.82, 2.24) is 14.1 Å². The molecule has 3 aromatic heterocycles. The molecule has 164 valence electrons. The molecule has 0 unspecified atom stereocenters. The van der Waals surface area contributed by atoms with Crippen LogP contribution >= 0.6 is 0 Å². The lowest BCUT2D eigenvalue weighted by Crippen LogP contribution is -2.20. The van der Waals surface area contributed by atoms with E-state index in [4.69, 9.17) is 4.74 Å². The molecule has 0 aliphatic rings. The molecular weight excluding hydrogens is 417 g/mol. The van der Waals surface area contributed by atoms with Gasteiger partial charge in [0.2, 0.25) is 0 Å². The van der Waals surface area contributed by atoms with Crippen LogP contribution < -0.4 is 15.9 Å². The molecule has 0 saturated carbocycles. The Morgan fingerprint density at radius 3 is 2.28 bits per heavy atom. The van der Waals surface area contributed by atoms with Crippen LogP contribution in [0.15, 0.2) is 46.2 Å². The minimum Gasteiger partial charge on any atom is -0.477 e. The van der Waals surface area contributed by atoms with E-state index in [9.17, 15) is 23.9 Å².